The van der Waals surface area contributed by atoms with E-state index in [4.69, 9.17) is 47.4 Å². The third kappa shape index (κ3) is 6.32. The summed E-state index contributed by atoms with van der Waals surface area (Å²) in [6.45, 7) is -0.574. The molecule has 3 aromatic heterocycles. The van der Waals surface area contributed by atoms with E-state index >= 15 is 0 Å². The number of aromatic nitrogens is 4. The average Bonchev–Trinajstić information content (AvgIpc) is 3.57. The first kappa shape index (κ1) is 27.7. The van der Waals surface area contributed by atoms with Crippen molar-refractivity contribution >= 4 is 40.8 Å². The van der Waals surface area contributed by atoms with Gasteiger partial charge in [0.05, 0.1) is 5.39 Å². The van der Waals surface area contributed by atoms with E-state index < -0.39 is 36.9 Å². The Morgan fingerprint density at radius 3 is 2.59 bits per heavy atom. The van der Waals surface area contributed by atoms with E-state index in [9.17, 15) is 9.59 Å². The van der Waals surface area contributed by atoms with Crippen LogP contribution in [0.2, 0.25) is 5.28 Å². The average molecular weight is 578 g/mol. The van der Waals surface area contributed by atoms with Crippen molar-refractivity contribution in [1.29, 1.82) is 0 Å². The van der Waals surface area contributed by atoms with Crippen LogP contribution in [0.1, 0.15) is 23.8 Å². The highest BCUT2D eigenvalue weighted by molar-refractivity contribution is 6.28. The predicted molar refractivity (Wildman–Crippen MR) is 145 cm³/mol. The van der Waals surface area contributed by atoms with Crippen LogP contribution < -0.4 is 5.73 Å². The van der Waals surface area contributed by atoms with Gasteiger partial charge >= 0.3 is 12.3 Å². The molecule has 210 valence electrons. The third-order valence-electron chi connectivity index (χ3n) is 6.33. The van der Waals surface area contributed by atoms with Gasteiger partial charge in [-0.05, 0) is 29.3 Å². The maximum atomic E-state index is 12.7. The van der Waals surface area contributed by atoms with Gasteiger partial charge in [-0.3, -0.25) is 4.98 Å². The maximum Gasteiger partial charge on any atom is 0.509 e. The first-order valence-corrected chi connectivity index (χ1v) is 12.8. The molecule has 0 bridgehead atoms. The van der Waals surface area contributed by atoms with Crippen LogP contribution in [0.15, 0.2) is 67.1 Å². The Kier molecular flexibility index (Phi) is 8.19. The molecule has 12 nitrogen and oxygen atoms in total. The van der Waals surface area contributed by atoms with Crippen LogP contribution in [-0.2, 0) is 36.9 Å². The lowest BCUT2D eigenvalue weighted by atomic mass is 9.98. The number of anilines is 1. The van der Waals surface area contributed by atoms with Crippen LogP contribution in [0.4, 0.5) is 15.4 Å². The summed E-state index contributed by atoms with van der Waals surface area (Å²) in [5.41, 5.74) is 6.10. The summed E-state index contributed by atoms with van der Waals surface area (Å²) >= 11 is 6.03. The molecule has 1 saturated heterocycles. The highest BCUT2D eigenvalue weighted by Gasteiger charge is 2.52. The van der Waals surface area contributed by atoms with Crippen molar-refractivity contribution in [2.45, 2.75) is 37.6 Å². The molecular formula is C28H24ClN5O7. The number of nitrogens with zero attached hydrogens (tertiary/aromatic N) is 4. The SMILES string of the molecule is C#C[C@]1(COC(=O)OCc2cccnc2)O[C@@H](n2ccc3c(N)nc(Cl)nc32)C[C@@H]1OC(=O)OCc1ccccc1. The number of benzene rings is 1. The zero-order valence-electron chi connectivity index (χ0n) is 21.5. The smallest absolute Gasteiger partial charge is 0.430 e. The fraction of sp³-hybridized carbons (Fsp3) is 0.250. The molecule has 0 radical (unpaired) electrons. The quantitative estimate of drug-likeness (QED) is 0.180. The van der Waals surface area contributed by atoms with Gasteiger partial charge in [0.15, 0.2) is 6.10 Å². The molecule has 0 saturated carbocycles. The molecule has 1 fully saturated rings. The van der Waals surface area contributed by atoms with Crippen molar-refractivity contribution in [1.82, 2.24) is 19.5 Å². The van der Waals surface area contributed by atoms with Crippen LogP contribution >= 0.6 is 11.6 Å². The molecule has 3 atom stereocenters. The van der Waals surface area contributed by atoms with Crippen LogP contribution in [0.3, 0.4) is 0 Å². The number of nitrogen functional groups attached to an aromatic ring is 1. The van der Waals surface area contributed by atoms with E-state index in [0.29, 0.717) is 16.6 Å². The maximum absolute atomic E-state index is 12.7. The third-order valence-corrected chi connectivity index (χ3v) is 6.50. The summed E-state index contributed by atoms with van der Waals surface area (Å²) in [5, 5.41) is 0.472. The normalized spacial score (nSPS) is 19.8. The molecule has 4 heterocycles. The Morgan fingerprint density at radius 1 is 1.07 bits per heavy atom. The largest absolute Gasteiger partial charge is 0.509 e. The van der Waals surface area contributed by atoms with Gasteiger partial charge in [-0.2, -0.15) is 4.98 Å². The van der Waals surface area contributed by atoms with E-state index in [0.717, 1.165) is 5.56 Å². The second kappa shape index (κ2) is 12.1. The van der Waals surface area contributed by atoms with Crippen LogP contribution in [0, 0.1) is 12.3 Å². The number of halogens is 1. The molecule has 1 aromatic carbocycles. The second-order valence-corrected chi connectivity index (χ2v) is 9.34. The van der Waals surface area contributed by atoms with Gasteiger partial charge < -0.3 is 34.0 Å². The molecule has 2 N–H and O–H groups in total. The van der Waals surface area contributed by atoms with Crippen molar-refractivity contribution in [3.8, 4) is 12.3 Å². The highest BCUT2D eigenvalue weighted by Crippen LogP contribution is 2.41. The number of pyridine rings is 1. The lowest BCUT2D eigenvalue weighted by Crippen LogP contribution is -2.45. The zero-order chi connectivity index (χ0) is 28.8. The van der Waals surface area contributed by atoms with Crippen molar-refractivity contribution in [3.05, 3.63) is 83.5 Å². The lowest BCUT2D eigenvalue weighted by Gasteiger charge is -2.28. The summed E-state index contributed by atoms with van der Waals surface area (Å²) < 4.78 is 29.2. The Balaban J connectivity index is 1.33. The Labute approximate surface area is 239 Å². The van der Waals surface area contributed by atoms with Gasteiger partial charge in [0.25, 0.3) is 0 Å². The minimum absolute atomic E-state index is 0.0200. The van der Waals surface area contributed by atoms with Gasteiger partial charge in [-0.1, -0.05) is 42.3 Å². The number of fused-ring (bicyclic) bond motifs is 1. The second-order valence-electron chi connectivity index (χ2n) is 9.00. The number of hydrogen-bond acceptors (Lipinski definition) is 11. The number of ether oxygens (including phenoxy) is 5. The number of hydrogen-bond donors (Lipinski definition) is 1. The van der Waals surface area contributed by atoms with Gasteiger partial charge in [0.1, 0.15) is 37.5 Å². The molecule has 0 unspecified atom stereocenters. The van der Waals surface area contributed by atoms with Crippen molar-refractivity contribution in [3.63, 3.8) is 0 Å². The number of carbonyl (C=O) groups is 2. The number of rotatable bonds is 8. The summed E-state index contributed by atoms with van der Waals surface area (Å²) in [7, 11) is 0. The van der Waals surface area contributed by atoms with Gasteiger partial charge in [0, 0.05) is 30.6 Å². The van der Waals surface area contributed by atoms with E-state index in [1.54, 1.807) is 53.5 Å². The molecule has 1 aliphatic heterocycles. The van der Waals surface area contributed by atoms with Gasteiger partial charge in [-0.25, -0.2) is 14.6 Å². The van der Waals surface area contributed by atoms with Crippen molar-refractivity contribution in [2.24, 2.45) is 0 Å². The van der Waals surface area contributed by atoms with E-state index in [-0.39, 0.29) is 30.7 Å². The van der Waals surface area contributed by atoms with Gasteiger partial charge in [0.2, 0.25) is 10.9 Å². The Morgan fingerprint density at radius 2 is 1.83 bits per heavy atom. The molecule has 0 amide bonds. The summed E-state index contributed by atoms with van der Waals surface area (Å²) in [4.78, 5) is 37.3. The Hall–Kier alpha value is -4.86. The van der Waals surface area contributed by atoms with E-state index in [1.807, 2.05) is 18.2 Å². The molecular weight excluding hydrogens is 554 g/mol. The van der Waals surface area contributed by atoms with Crippen LogP contribution in [0.5, 0.6) is 0 Å². The zero-order valence-corrected chi connectivity index (χ0v) is 22.3. The number of carbonyl (C=O) groups excluding carboxylic acids is 2. The molecule has 1 aliphatic rings. The topological polar surface area (TPSA) is 150 Å². The van der Waals surface area contributed by atoms with E-state index in [2.05, 4.69) is 20.9 Å². The minimum atomic E-state index is -1.69. The monoisotopic (exact) mass is 577 g/mol. The highest BCUT2D eigenvalue weighted by atomic mass is 35.5. The standard InChI is InChI=1S/C28H24ClN5O7/c1-2-28(17-39-26(35)37-16-19-9-6-11-31-14-19)21(40-27(36)38-15-18-7-4-3-5-8-18)13-22(41-28)34-12-10-20-23(30)32-25(29)33-24(20)34/h1,3-12,14,21-22H,13,15-17H2,(H2,30,32,33)/t21-,22+,28+/m0/s1. The first-order valence-electron chi connectivity index (χ1n) is 12.4. The number of nitrogens with two attached hydrogens (primary N) is 1. The lowest BCUT2D eigenvalue weighted by molar-refractivity contribution is -0.106. The molecule has 5 rings (SSSR count). The fourth-order valence-electron chi connectivity index (χ4n) is 4.31. The molecule has 0 spiro atoms. The predicted octanol–water partition coefficient (Wildman–Crippen LogP) is 4.43. The summed E-state index contributed by atoms with van der Waals surface area (Å²) in [5.74, 6) is 2.68. The summed E-state index contributed by atoms with van der Waals surface area (Å²) in [6, 6.07) is 14.2. The van der Waals surface area contributed by atoms with Crippen LogP contribution in [-0.4, -0.2) is 50.1 Å². The summed E-state index contributed by atoms with van der Waals surface area (Å²) in [6.07, 6.45) is 6.90. The van der Waals surface area contributed by atoms with Gasteiger partial charge in [-0.15, -0.1) is 6.42 Å². The molecule has 0 aliphatic carbocycles. The molecule has 4 aromatic rings. The van der Waals surface area contributed by atoms with Crippen LogP contribution in [0.25, 0.3) is 11.0 Å². The Bertz CT molecular complexity index is 1580. The number of terminal acetylenes is 1. The van der Waals surface area contributed by atoms with Crippen molar-refractivity contribution < 1.29 is 33.3 Å². The molecule has 13 heteroatoms. The molecule has 41 heavy (non-hydrogen) atoms. The minimum Gasteiger partial charge on any atom is -0.430 e. The fourth-order valence-corrected chi connectivity index (χ4v) is 4.48. The first-order chi connectivity index (χ1) is 19.9. The van der Waals surface area contributed by atoms with Crippen molar-refractivity contribution in [2.75, 3.05) is 12.3 Å². The van der Waals surface area contributed by atoms with E-state index in [1.165, 1.54) is 0 Å².